The lowest BCUT2D eigenvalue weighted by Crippen LogP contribution is -2.41. The molecule has 0 aliphatic carbocycles. The minimum absolute atomic E-state index is 0.769. The SMILES string of the molecule is Cc1nn(C)cc1C(=S)NCc1ccccc1[Si](C)(C)C. The molecule has 0 unspecified atom stereocenters. The molecule has 112 valence electrons. The third-order valence-electron chi connectivity index (χ3n) is 3.52. The van der Waals surface area contributed by atoms with E-state index in [2.05, 4.69) is 54.3 Å². The van der Waals surface area contributed by atoms with Crippen molar-refractivity contribution >= 4 is 30.5 Å². The van der Waals surface area contributed by atoms with Crippen molar-refractivity contribution in [1.82, 2.24) is 15.1 Å². The maximum Gasteiger partial charge on any atom is 0.110 e. The Kier molecular flexibility index (Phi) is 4.63. The lowest BCUT2D eigenvalue weighted by atomic mass is 10.2. The first-order chi connectivity index (χ1) is 9.79. The molecule has 1 aromatic carbocycles. The van der Waals surface area contributed by atoms with Gasteiger partial charge in [-0.2, -0.15) is 5.10 Å². The summed E-state index contributed by atoms with van der Waals surface area (Å²) in [7, 11) is 0.581. The summed E-state index contributed by atoms with van der Waals surface area (Å²) in [6, 6.07) is 8.67. The molecule has 1 aromatic heterocycles. The van der Waals surface area contributed by atoms with Gasteiger partial charge in [-0.1, -0.05) is 61.3 Å². The van der Waals surface area contributed by atoms with Gasteiger partial charge in [0.05, 0.1) is 13.8 Å². The van der Waals surface area contributed by atoms with Crippen LogP contribution in [0.3, 0.4) is 0 Å². The van der Waals surface area contributed by atoms with Crippen LogP contribution in [0.25, 0.3) is 0 Å². The summed E-state index contributed by atoms with van der Waals surface area (Å²) in [5, 5.41) is 9.21. The first-order valence-corrected chi connectivity index (χ1v) is 11.1. The molecule has 0 saturated heterocycles. The molecule has 0 bridgehead atoms. The molecule has 0 spiro atoms. The van der Waals surface area contributed by atoms with Crippen molar-refractivity contribution in [2.45, 2.75) is 33.1 Å². The van der Waals surface area contributed by atoms with E-state index in [9.17, 15) is 0 Å². The minimum Gasteiger partial charge on any atom is -0.372 e. The van der Waals surface area contributed by atoms with Gasteiger partial charge in [0.25, 0.3) is 0 Å². The fraction of sp³-hybridized carbons (Fsp3) is 0.375. The molecule has 0 atom stereocenters. The van der Waals surface area contributed by atoms with Crippen LogP contribution in [-0.4, -0.2) is 22.8 Å². The molecule has 0 radical (unpaired) electrons. The topological polar surface area (TPSA) is 29.9 Å². The lowest BCUT2D eigenvalue weighted by molar-refractivity contribution is 0.756. The Bertz CT molecular complexity index is 656. The highest BCUT2D eigenvalue weighted by Crippen LogP contribution is 2.09. The van der Waals surface area contributed by atoms with E-state index >= 15 is 0 Å². The van der Waals surface area contributed by atoms with Crippen LogP contribution in [0.5, 0.6) is 0 Å². The molecule has 2 rings (SSSR count). The molecule has 0 aliphatic heterocycles. The lowest BCUT2D eigenvalue weighted by Gasteiger charge is -2.21. The van der Waals surface area contributed by atoms with E-state index in [0.29, 0.717) is 0 Å². The van der Waals surface area contributed by atoms with Crippen molar-refractivity contribution in [3.8, 4) is 0 Å². The standard InChI is InChI=1S/C16H23N3SSi/c1-12-14(11-19(2)18-12)16(20)17-10-13-8-6-7-9-15(13)21(3,4)5/h6-9,11H,10H2,1-5H3,(H,17,20). The summed E-state index contributed by atoms with van der Waals surface area (Å²) in [6.07, 6.45) is 1.97. The molecule has 1 heterocycles. The highest BCUT2D eigenvalue weighted by Gasteiger charge is 2.19. The van der Waals surface area contributed by atoms with Gasteiger partial charge in [-0.15, -0.1) is 0 Å². The van der Waals surface area contributed by atoms with Gasteiger partial charge in [0.2, 0.25) is 0 Å². The van der Waals surface area contributed by atoms with E-state index < -0.39 is 8.07 Å². The number of benzene rings is 1. The molecule has 0 saturated carbocycles. The molecule has 0 fully saturated rings. The maximum absolute atomic E-state index is 5.50. The summed E-state index contributed by atoms with van der Waals surface area (Å²) >= 11 is 5.50. The molecule has 5 heteroatoms. The van der Waals surface area contributed by atoms with Gasteiger partial charge >= 0.3 is 0 Å². The van der Waals surface area contributed by atoms with E-state index in [1.807, 2.05) is 20.2 Å². The van der Waals surface area contributed by atoms with Gasteiger partial charge in [-0.25, -0.2) is 0 Å². The van der Waals surface area contributed by atoms with Crippen molar-refractivity contribution < 1.29 is 0 Å². The predicted molar refractivity (Wildman–Crippen MR) is 95.9 cm³/mol. The molecule has 1 N–H and O–H groups in total. The van der Waals surface area contributed by atoms with Crippen molar-refractivity contribution in [2.24, 2.45) is 7.05 Å². The normalized spacial score (nSPS) is 11.5. The zero-order chi connectivity index (χ0) is 15.6. The summed E-state index contributed by atoms with van der Waals surface area (Å²) in [4.78, 5) is 0.769. The molecule has 0 amide bonds. The zero-order valence-corrected chi connectivity index (χ0v) is 15.2. The molecule has 0 aliphatic rings. The average Bonchev–Trinajstić information content (AvgIpc) is 2.74. The van der Waals surface area contributed by atoms with Gasteiger partial charge in [0, 0.05) is 25.4 Å². The molecule has 2 aromatic rings. The molecular formula is C16H23N3SSi. The molecular weight excluding hydrogens is 294 g/mol. The number of nitrogens with one attached hydrogen (secondary N) is 1. The maximum atomic E-state index is 5.50. The van der Waals surface area contributed by atoms with Crippen LogP contribution >= 0.6 is 12.2 Å². The van der Waals surface area contributed by atoms with Crippen molar-refractivity contribution in [3.05, 3.63) is 47.3 Å². The Hall–Kier alpha value is -1.46. The number of hydrogen-bond acceptors (Lipinski definition) is 2. The number of hydrogen-bond donors (Lipinski definition) is 1. The summed E-state index contributed by atoms with van der Waals surface area (Å²) < 4.78 is 1.80. The van der Waals surface area contributed by atoms with E-state index in [-0.39, 0.29) is 0 Å². The monoisotopic (exact) mass is 317 g/mol. The first kappa shape index (κ1) is 15.9. The van der Waals surface area contributed by atoms with Crippen LogP contribution in [0.1, 0.15) is 16.8 Å². The average molecular weight is 318 g/mol. The summed E-state index contributed by atoms with van der Waals surface area (Å²) in [5.74, 6) is 0. The Morgan fingerprint density at radius 3 is 2.52 bits per heavy atom. The highest BCUT2D eigenvalue weighted by molar-refractivity contribution is 7.80. The largest absolute Gasteiger partial charge is 0.372 e. The second kappa shape index (κ2) is 6.11. The van der Waals surface area contributed by atoms with Crippen molar-refractivity contribution in [3.63, 3.8) is 0 Å². The quantitative estimate of drug-likeness (QED) is 0.695. The number of nitrogens with zero attached hydrogens (tertiary/aromatic N) is 2. The van der Waals surface area contributed by atoms with Crippen LogP contribution in [0, 0.1) is 6.92 Å². The first-order valence-electron chi connectivity index (χ1n) is 7.16. The van der Waals surface area contributed by atoms with Crippen LogP contribution in [0.4, 0.5) is 0 Å². The second-order valence-corrected chi connectivity index (χ2v) is 11.8. The fourth-order valence-corrected chi connectivity index (χ4v) is 4.50. The van der Waals surface area contributed by atoms with E-state index in [0.717, 1.165) is 22.8 Å². The fourth-order valence-electron chi connectivity index (χ4n) is 2.50. The zero-order valence-electron chi connectivity index (χ0n) is 13.4. The van der Waals surface area contributed by atoms with Gasteiger partial charge in [0.15, 0.2) is 0 Å². The Morgan fingerprint density at radius 1 is 1.29 bits per heavy atom. The smallest absolute Gasteiger partial charge is 0.110 e. The second-order valence-electron chi connectivity index (χ2n) is 6.39. The molecule has 21 heavy (non-hydrogen) atoms. The van der Waals surface area contributed by atoms with Crippen molar-refractivity contribution in [1.29, 1.82) is 0 Å². The summed E-state index contributed by atoms with van der Waals surface area (Å²) in [6.45, 7) is 9.87. The van der Waals surface area contributed by atoms with Gasteiger partial charge in [-0.05, 0) is 12.5 Å². The number of thiocarbonyl (C=S) groups is 1. The van der Waals surface area contributed by atoms with E-state index in [4.69, 9.17) is 12.2 Å². The van der Waals surface area contributed by atoms with E-state index in [1.165, 1.54) is 10.8 Å². The minimum atomic E-state index is -1.34. The number of rotatable bonds is 4. The van der Waals surface area contributed by atoms with Crippen LogP contribution < -0.4 is 10.5 Å². The van der Waals surface area contributed by atoms with Crippen LogP contribution in [-0.2, 0) is 13.6 Å². The van der Waals surface area contributed by atoms with Crippen molar-refractivity contribution in [2.75, 3.05) is 0 Å². The third kappa shape index (κ3) is 3.80. The summed E-state index contributed by atoms with van der Waals surface area (Å²) in [5.41, 5.74) is 3.33. The molecule has 3 nitrogen and oxygen atoms in total. The third-order valence-corrected chi connectivity index (χ3v) is 5.99. The Morgan fingerprint density at radius 2 is 1.95 bits per heavy atom. The van der Waals surface area contributed by atoms with E-state index in [1.54, 1.807) is 4.68 Å². The van der Waals surface area contributed by atoms with Gasteiger partial charge in [0.1, 0.15) is 4.99 Å². The Balaban J connectivity index is 2.14. The van der Waals surface area contributed by atoms with Crippen LogP contribution in [0.2, 0.25) is 19.6 Å². The van der Waals surface area contributed by atoms with Gasteiger partial charge in [-0.3, -0.25) is 4.68 Å². The number of aryl methyl sites for hydroxylation is 2. The van der Waals surface area contributed by atoms with Crippen LogP contribution in [0.15, 0.2) is 30.5 Å². The highest BCUT2D eigenvalue weighted by atomic mass is 32.1. The number of aromatic nitrogens is 2. The van der Waals surface area contributed by atoms with Gasteiger partial charge < -0.3 is 5.32 Å². The Labute approximate surface area is 133 Å². The predicted octanol–water partition coefficient (Wildman–Crippen LogP) is 2.74.